The maximum absolute atomic E-state index is 11.6. The zero-order valence-electron chi connectivity index (χ0n) is 9.86. The second-order valence-electron chi connectivity index (χ2n) is 4.66. The Hall–Kier alpha value is -1.19. The molecule has 1 atom stereocenters. The van der Waals surface area contributed by atoms with Gasteiger partial charge in [0.25, 0.3) is 6.34 Å². The van der Waals surface area contributed by atoms with E-state index in [9.17, 15) is 4.79 Å². The molecule has 0 fully saturated rings. The number of rotatable bonds is 2. The molecule has 0 saturated carbocycles. The molecule has 0 aromatic carbocycles. The number of ether oxygens (including phenoxy) is 1. The molecule has 84 valence electrons. The summed E-state index contributed by atoms with van der Waals surface area (Å²) in [4.78, 5) is 15.8. The molecule has 4 heteroatoms. The average molecular weight is 211 g/mol. The summed E-state index contributed by atoms with van der Waals surface area (Å²) in [6, 6.07) is 0.127. The van der Waals surface area contributed by atoms with E-state index in [1.165, 1.54) is 10.9 Å². The molecule has 0 aromatic heterocycles. The fourth-order valence-electron chi connectivity index (χ4n) is 1.29. The third-order valence-electron chi connectivity index (χ3n) is 1.90. The lowest BCUT2D eigenvalue weighted by Crippen LogP contribution is -2.30. The van der Waals surface area contributed by atoms with Crippen molar-refractivity contribution < 1.29 is 14.1 Å². The zero-order chi connectivity index (χ0) is 11.5. The normalized spacial score (nSPS) is 20.3. The van der Waals surface area contributed by atoms with Gasteiger partial charge in [-0.25, -0.2) is 0 Å². The Morgan fingerprint density at radius 2 is 2.20 bits per heavy atom. The first kappa shape index (κ1) is 11.9. The van der Waals surface area contributed by atoms with Crippen LogP contribution in [-0.2, 0) is 4.74 Å². The van der Waals surface area contributed by atoms with Gasteiger partial charge in [0.15, 0.2) is 6.04 Å². The van der Waals surface area contributed by atoms with Gasteiger partial charge < -0.3 is 4.74 Å². The molecule has 1 heterocycles. The zero-order valence-corrected chi connectivity index (χ0v) is 9.86. The summed E-state index contributed by atoms with van der Waals surface area (Å²) in [6.45, 7) is 7.64. The van der Waals surface area contributed by atoms with Crippen molar-refractivity contribution in [1.29, 1.82) is 0 Å². The number of carbonyl (C=O) groups is 1. The minimum atomic E-state index is -0.457. The van der Waals surface area contributed by atoms with E-state index < -0.39 is 5.60 Å². The van der Waals surface area contributed by atoms with Gasteiger partial charge in [0.1, 0.15) is 11.8 Å². The summed E-state index contributed by atoms with van der Waals surface area (Å²) in [5.74, 6) is 0. The van der Waals surface area contributed by atoms with Gasteiger partial charge in [-0.2, -0.15) is 4.79 Å². The first-order chi connectivity index (χ1) is 6.92. The molecule has 0 aromatic rings. The second-order valence-corrected chi connectivity index (χ2v) is 4.66. The smallest absolute Gasteiger partial charge is 0.425 e. The van der Waals surface area contributed by atoms with E-state index in [0.717, 1.165) is 12.8 Å². The number of hydrogen-bond acceptors (Lipinski definition) is 3. The summed E-state index contributed by atoms with van der Waals surface area (Å²) in [6.07, 6.45) is 5.01. The highest BCUT2D eigenvalue weighted by Crippen LogP contribution is 2.09. The van der Waals surface area contributed by atoms with Crippen LogP contribution in [0.25, 0.3) is 0 Å². The quantitative estimate of drug-likeness (QED) is 0.657. The molecular formula is C11H19N2O2+. The predicted molar refractivity (Wildman–Crippen MR) is 59.7 cm³/mol. The van der Waals surface area contributed by atoms with Crippen LogP contribution in [-0.4, -0.2) is 34.9 Å². The lowest BCUT2D eigenvalue weighted by atomic mass is 10.2. The molecule has 0 N–H and O–H groups in total. The summed E-state index contributed by atoms with van der Waals surface area (Å²) in [7, 11) is 0. The van der Waals surface area contributed by atoms with E-state index in [1.54, 1.807) is 6.21 Å². The molecule has 1 aliphatic heterocycles. The van der Waals surface area contributed by atoms with E-state index in [1.807, 2.05) is 20.8 Å². The van der Waals surface area contributed by atoms with Gasteiger partial charge in [-0.15, -0.1) is 4.58 Å². The van der Waals surface area contributed by atoms with Crippen molar-refractivity contribution in [3.05, 3.63) is 0 Å². The van der Waals surface area contributed by atoms with Crippen molar-refractivity contribution in [2.75, 3.05) is 0 Å². The number of amides is 1. The van der Waals surface area contributed by atoms with E-state index in [0.29, 0.717) is 0 Å². The summed E-state index contributed by atoms with van der Waals surface area (Å²) >= 11 is 0. The minimum absolute atomic E-state index is 0.127. The van der Waals surface area contributed by atoms with Crippen LogP contribution in [0.15, 0.2) is 4.99 Å². The van der Waals surface area contributed by atoms with Crippen LogP contribution in [0.3, 0.4) is 0 Å². The van der Waals surface area contributed by atoms with E-state index in [4.69, 9.17) is 4.74 Å². The van der Waals surface area contributed by atoms with E-state index >= 15 is 0 Å². The Morgan fingerprint density at radius 3 is 2.73 bits per heavy atom. The third-order valence-corrected chi connectivity index (χ3v) is 1.90. The number of hydrogen-bond donors (Lipinski definition) is 0. The minimum Gasteiger partial charge on any atom is -0.425 e. The Balaban J connectivity index is 2.56. The standard InChI is InChI=1S/C11H19N2O2/c1-5-6-9-7-13(8-12-9)10(14)15-11(2,3)4/h7-9H,5-6H2,1-4H3/q+1. The van der Waals surface area contributed by atoms with Crippen LogP contribution < -0.4 is 0 Å². The van der Waals surface area contributed by atoms with Crippen LogP contribution in [0.5, 0.6) is 0 Å². The van der Waals surface area contributed by atoms with Gasteiger partial charge >= 0.3 is 6.09 Å². The van der Waals surface area contributed by atoms with Crippen molar-refractivity contribution in [1.82, 2.24) is 0 Å². The van der Waals surface area contributed by atoms with Crippen LogP contribution in [0.1, 0.15) is 40.5 Å². The molecule has 0 spiro atoms. The number of carbonyl (C=O) groups excluding carboxylic acids is 1. The highest BCUT2D eigenvalue weighted by molar-refractivity contribution is 5.81. The Labute approximate surface area is 90.7 Å². The van der Waals surface area contributed by atoms with Crippen LogP contribution in [0.4, 0.5) is 4.79 Å². The molecule has 15 heavy (non-hydrogen) atoms. The van der Waals surface area contributed by atoms with Crippen molar-refractivity contribution in [2.24, 2.45) is 4.99 Å². The van der Waals surface area contributed by atoms with Crippen LogP contribution in [0, 0.1) is 0 Å². The van der Waals surface area contributed by atoms with Gasteiger partial charge in [0.05, 0.1) is 0 Å². The number of aliphatic imine (C=N–C) groups is 1. The largest absolute Gasteiger partial charge is 0.511 e. The second kappa shape index (κ2) is 4.55. The monoisotopic (exact) mass is 211 g/mol. The van der Waals surface area contributed by atoms with Crippen molar-refractivity contribution in [3.63, 3.8) is 0 Å². The molecule has 0 bridgehead atoms. The highest BCUT2D eigenvalue weighted by atomic mass is 16.6. The molecule has 0 saturated heterocycles. The average Bonchev–Trinajstić information content (AvgIpc) is 2.50. The molecule has 4 nitrogen and oxygen atoms in total. The maximum atomic E-state index is 11.6. The van der Waals surface area contributed by atoms with E-state index in [2.05, 4.69) is 11.9 Å². The Bertz CT molecular complexity index is 300. The summed E-state index contributed by atoms with van der Waals surface area (Å²) in [5, 5.41) is 0. The Kier molecular flexibility index (Phi) is 3.61. The first-order valence-corrected chi connectivity index (χ1v) is 5.32. The summed E-state index contributed by atoms with van der Waals surface area (Å²) in [5.41, 5.74) is -0.457. The molecule has 1 unspecified atom stereocenters. The van der Waals surface area contributed by atoms with E-state index in [-0.39, 0.29) is 12.1 Å². The highest BCUT2D eigenvalue weighted by Gasteiger charge is 2.27. The number of nitrogens with zero attached hydrogens (tertiary/aromatic N) is 2. The lowest BCUT2D eigenvalue weighted by Gasteiger charge is -2.17. The van der Waals surface area contributed by atoms with Crippen molar-refractivity contribution >= 4 is 18.6 Å². The van der Waals surface area contributed by atoms with Crippen LogP contribution in [0.2, 0.25) is 0 Å². The van der Waals surface area contributed by atoms with Gasteiger partial charge in [0.2, 0.25) is 0 Å². The topological polar surface area (TPSA) is 41.7 Å². The molecule has 0 radical (unpaired) electrons. The van der Waals surface area contributed by atoms with Gasteiger partial charge in [-0.05, 0) is 27.2 Å². The maximum Gasteiger partial charge on any atom is 0.511 e. The molecular weight excluding hydrogens is 192 g/mol. The van der Waals surface area contributed by atoms with Gasteiger partial charge in [-0.1, -0.05) is 18.3 Å². The third kappa shape index (κ3) is 3.81. The fourth-order valence-corrected chi connectivity index (χ4v) is 1.29. The molecule has 0 aliphatic carbocycles. The Morgan fingerprint density at radius 1 is 1.53 bits per heavy atom. The van der Waals surface area contributed by atoms with Gasteiger partial charge in [-0.3, -0.25) is 0 Å². The summed E-state index contributed by atoms with van der Waals surface area (Å²) < 4.78 is 6.63. The molecule has 1 aliphatic rings. The fraction of sp³-hybridized carbons (Fsp3) is 0.727. The van der Waals surface area contributed by atoms with Crippen molar-refractivity contribution in [2.45, 2.75) is 52.2 Å². The van der Waals surface area contributed by atoms with Gasteiger partial charge in [0, 0.05) is 0 Å². The molecule has 1 rings (SSSR count). The van der Waals surface area contributed by atoms with Crippen molar-refractivity contribution in [3.8, 4) is 0 Å². The SMILES string of the molecule is CCCC1C=[N+](C(=O)OC(C)(C)C)C=N1. The first-order valence-electron chi connectivity index (χ1n) is 5.32. The predicted octanol–water partition coefficient (Wildman–Crippen LogP) is 2.22. The lowest BCUT2D eigenvalue weighted by molar-refractivity contribution is -0.316. The van der Waals surface area contributed by atoms with Crippen LogP contribution >= 0.6 is 0 Å². The molecule has 1 amide bonds.